The minimum absolute atomic E-state index is 0.0734. The second kappa shape index (κ2) is 9.01. The largest absolute Gasteiger partial charge is 0.491 e. The van der Waals surface area contributed by atoms with Crippen molar-refractivity contribution in [2.45, 2.75) is 33.8 Å². The van der Waals surface area contributed by atoms with E-state index >= 15 is 0 Å². The number of benzene rings is 2. The standard InChI is InChI=1S/C22H22N6O2S2/c1-12(2)30-17-8-5-15(6-9-17)19(29)24-21(31)23-18-10-7-16(11-13(18)3)20-27-28-14(4)25-26-22(28)32-20/h5-12H,1-4H3,(H2,23,24,29,31). The number of rotatable bonds is 5. The summed E-state index contributed by atoms with van der Waals surface area (Å²) in [6, 6.07) is 12.8. The van der Waals surface area contributed by atoms with Crippen LogP contribution >= 0.6 is 23.6 Å². The minimum Gasteiger partial charge on any atom is -0.491 e. The maximum Gasteiger partial charge on any atom is 0.257 e. The van der Waals surface area contributed by atoms with Crippen LogP contribution in [0.2, 0.25) is 0 Å². The number of ether oxygens (including phenoxy) is 1. The molecule has 0 aliphatic carbocycles. The molecular weight excluding hydrogens is 444 g/mol. The van der Waals surface area contributed by atoms with E-state index in [-0.39, 0.29) is 17.1 Å². The Morgan fingerprint density at radius 2 is 1.88 bits per heavy atom. The number of nitrogens with one attached hydrogen (secondary N) is 2. The van der Waals surface area contributed by atoms with Crippen LogP contribution < -0.4 is 15.4 Å². The second-order valence-corrected chi connectivity index (χ2v) is 8.84. The van der Waals surface area contributed by atoms with Crippen LogP contribution in [0.25, 0.3) is 15.5 Å². The number of aromatic nitrogens is 4. The molecule has 2 aromatic carbocycles. The molecule has 164 valence electrons. The number of nitrogens with zero attached hydrogens (tertiary/aromatic N) is 4. The normalized spacial score (nSPS) is 11.0. The van der Waals surface area contributed by atoms with Crippen LogP contribution in [0.3, 0.4) is 0 Å². The molecule has 0 atom stereocenters. The van der Waals surface area contributed by atoms with Crippen molar-refractivity contribution in [2.75, 3.05) is 5.32 Å². The summed E-state index contributed by atoms with van der Waals surface area (Å²) in [6.45, 7) is 7.74. The maximum atomic E-state index is 12.5. The molecule has 2 N–H and O–H groups in total. The fourth-order valence-electron chi connectivity index (χ4n) is 3.05. The first-order chi connectivity index (χ1) is 15.3. The molecule has 10 heteroatoms. The van der Waals surface area contributed by atoms with Gasteiger partial charge in [0.25, 0.3) is 5.91 Å². The Labute approximate surface area is 194 Å². The first-order valence-electron chi connectivity index (χ1n) is 9.99. The van der Waals surface area contributed by atoms with Gasteiger partial charge in [-0.1, -0.05) is 11.3 Å². The van der Waals surface area contributed by atoms with E-state index in [9.17, 15) is 4.79 Å². The van der Waals surface area contributed by atoms with Crippen LogP contribution in [0.15, 0.2) is 42.5 Å². The highest BCUT2D eigenvalue weighted by atomic mass is 32.1. The van der Waals surface area contributed by atoms with Crippen molar-refractivity contribution in [3.63, 3.8) is 0 Å². The first kappa shape index (κ1) is 21.8. The molecule has 8 nitrogen and oxygen atoms in total. The monoisotopic (exact) mass is 466 g/mol. The topological polar surface area (TPSA) is 93.4 Å². The number of aryl methyl sites for hydroxylation is 2. The summed E-state index contributed by atoms with van der Waals surface area (Å²) in [5, 5.41) is 19.6. The van der Waals surface area contributed by atoms with Crippen molar-refractivity contribution >= 4 is 45.2 Å². The molecule has 0 radical (unpaired) electrons. The van der Waals surface area contributed by atoms with Gasteiger partial charge in [-0.2, -0.15) is 9.61 Å². The molecule has 4 aromatic rings. The average Bonchev–Trinajstić information content (AvgIpc) is 3.31. The SMILES string of the molecule is Cc1cc(-c2nn3c(C)nnc3s2)ccc1NC(=S)NC(=O)c1ccc(OC(C)C)cc1. The average molecular weight is 467 g/mol. The summed E-state index contributed by atoms with van der Waals surface area (Å²) in [4.78, 5) is 13.2. The van der Waals surface area contributed by atoms with Crippen molar-refractivity contribution < 1.29 is 9.53 Å². The van der Waals surface area contributed by atoms with Gasteiger partial charge in [0.15, 0.2) is 10.9 Å². The quantitative estimate of drug-likeness (QED) is 0.422. The van der Waals surface area contributed by atoms with Crippen molar-refractivity contribution in [3.05, 3.63) is 59.4 Å². The van der Waals surface area contributed by atoms with Gasteiger partial charge in [0.1, 0.15) is 10.8 Å². The first-order valence-corrected chi connectivity index (χ1v) is 11.2. The number of carbonyl (C=O) groups is 1. The van der Waals surface area contributed by atoms with E-state index in [4.69, 9.17) is 17.0 Å². The Morgan fingerprint density at radius 1 is 1.12 bits per heavy atom. The summed E-state index contributed by atoms with van der Waals surface area (Å²) >= 11 is 6.81. The van der Waals surface area contributed by atoms with Crippen LogP contribution in [-0.2, 0) is 0 Å². The number of fused-ring (bicyclic) bond motifs is 1. The molecule has 0 aliphatic heterocycles. The maximum absolute atomic E-state index is 12.5. The number of hydrogen-bond acceptors (Lipinski definition) is 7. The Kier molecular flexibility index (Phi) is 6.15. The summed E-state index contributed by atoms with van der Waals surface area (Å²) in [5.74, 6) is 1.18. The molecule has 0 aliphatic rings. The predicted octanol–water partition coefficient (Wildman–Crippen LogP) is 4.38. The zero-order valence-corrected chi connectivity index (χ0v) is 19.7. The summed E-state index contributed by atoms with van der Waals surface area (Å²) in [6.07, 6.45) is 0.0734. The molecule has 0 bridgehead atoms. The van der Waals surface area contributed by atoms with Gasteiger partial charge < -0.3 is 10.1 Å². The third-order valence-corrected chi connectivity index (χ3v) is 5.74. The lowest BCUT2D eigenvalue weighted by Gasteiger charge is -2.13. The highest BCUT2D eigenvalue weighted by Gasteiger charge is 2.13. The number of thiocarbonyl (C=S) groups is 1. The fraction of sp³-hybridized carbons (Fsp3) is 0.227. The van der Waals surface area contributed by atoms with Gasteiger partial charge in [-0.15, -0.1) is 10.2 Å². The molecule has 2 heterocycles. The molecule has 2 aromatic heterocycles. The van der Waals surface area contributed by atoms with Gasteiger partial charge in [0.2, 0.25) is 4.96 Å². The third-order valence-electron chi connectivity index (χ3n) is 4.58. The van der Waals surface area contributed by atoms with E-state index in [2.05, 4.69) is 25.9 Å². The molecule has 0 spiro atoms. The second-order valence-electron chi connectivity index (χ2n) is 7.48. The van der Waals surface area contributed by atoms with Crippen LogP contribution in [0.4, 0.5) is 5.69 Å². The molecule has 0 saturated carbocycles. The lowest BCUT2D eigenvalue weighted by atomic mass is 10.1. The number of amides is 1. The lowest BCUT2D eigenvalue weighted by Crippen LogP contribution is -2.34. The number of carbonyl (C=O) groups excluding carboxylic acids is 1. The number of anilines is 1. The van der Waals surface area contributed by atoms with Crippen molar-refractivity contribution in [3.8, 4) is 16.3 Å². The van der Waals surface area contributed by atoms with E-state index in [1.54, 1.807) is 28.8 Å². The van der Waals surface area contributed by atoms with Crippen molar-refractivity contribution in [2.24, 2.45) is 0 Å². The van der Waals surface area contributed by atoms with Crippen LogP contribution in [0.1, 0.15) is 35.6 Å². The predicted molar refractivity (Wildman–Crippen MR) is 129 cm³/mol. The zero-order chi connectivity index (χ0) is 22.8. The Morgan fingerprint density at radius 3 is 2.53 bits per heavy atom. The van der Waals surface area contributed by atoms with Crippen molar-refractivity contribution in [1.82, 2.24) is 25.1 Å². The van der Waals surface area contributed by atoms with Gasteiger partial charge in [-0.05, 0) is 87.9 Å². The Hall–Kier alpha value is -3.37. The van der Waals surface area contributed by atoms with Crippen LogP contribution in [-0.4, -0.2) is 36.9 Å². The van der Waals surface area contributed by atoms with E-state index in [0.29, 0.717) is 11.3 Å². The van der Waals surface area contributed by atoms with Gasteiger partial charge in [-0.25, -0.2) is 0 Å². The van der Waals surface area contributed by atoms with Crippen LogP contribution in [0, 0.1) is 13.8 Å². The number of hydrogen-bond donors (Lipinski definition) is 2. The molecule has 0 fully saturated rings. The molecule has 0 saturated heterocycles. The van der Waals surface area contributed by atoms with Gasteiger partial charge in [0.05, 0.1) is 6.10 Å². The summed E-state index contributed by atoms with van der Waals surface area (Å²) < 4.78 is 7.33. The minimum atomic E-state index is -0.289. The zero-order valence-electron chi connectivity index (χ0n) is 18.0. The Balaban J connectivity index is 1.41. The lowest BCUT2D eigenvalue weighted by molar-refractivity contribution is 0.0977. The molecule has 32 heavy (non-hydrogen) atoms. The summed E-state index contributed by atoms with van der Waals surface area (Å²) in [7, 11) is 0. The molecule has 4 rings (SSSR count). The fourth-order valence-corrected chi connectivity index (χ4v) is 4.14. The van der Waals surface area contributed by atoms with E-state index in [0.717, 1.165) is 32.6 Å². The van der Waals surface area contributed by atoms with E-state index in [1.807, 2.05) is 45.9 Å². The molecular formula is C22H22N6O2S2. The molecule has 1 amide bonds. The van der Waals surface area contributed by atoms with Crippen LogP contribution in [0.5, 0.6) is 5.75 Å². The van der Waals surface area contributed by atoms with Gasteiger partial charge in [-0.3, -0.25) is 10.1 Å². The van der Waals surface area contributed by atoms with Gasteiger partial charge >= 0.3 is 0 Å². The van der Waals surface area contributed by atoms with Gasteiger partial charge in [0, 0.05) is 16.8 Å². The van der Waals surface area contributed by atoms with E-state index < -0.39 is 0 Å². The summed E-state index contributed by atoms with van der Waals surface area (Å²) in [5.41, 5.74) is 3.24. The van der Waals surface area contributed by atoms with E-state index in [1.165, 1.54) is 11.3 Å². The smallest absolute Gasteiger partial charge is 0.257 e. The van der Waals surface area contributed by atoms with Crippen molar-refractivity contribution in [1.29, 1.82) is 0 Å². The molecule has 0 unspecified atom stereocenters. The highest BCUT2D eigenvalue weighted by Crippen LogP contribution is 2.28. The highest BCUT2D eigenvalue weighted by molar-refractivity contribution is 7.80. The Bertz CT molecular complexity index is 1290. The third kappa shape index (κ3) is 4.76.